The van der Waals surface area contributed by atoms with E-state index in [2.05, 4.69) is 10.3 Å². The Morgan fingerprint density at radius 2 is 2.46 bits per heavy atom. The van der Waals surface area contributed by atoms with Crippen LogP contribution in [-0.4, -0.2) is 25.3 Å². The van der Waals surface area contributed by atoms with Crippen molar-refractivity contribution in [3.8, 4) is 6.07 Å². The molecule has 0 radical (unpaired) electrons. The summed E-state index contributed by atoms with van der Waals surface area (Å²) in [5.74, 6) is 0. The van der Waals surface area contributed by atoms with E-state index >= 15 is 0 Å². The lowest BCUT2D eigenvalue weighted by Crippen LogP contribution is -2.23. The van der Waals surface area contributed by atoms with Crippen molar-refractivity contribution >= 4 is 17.3 Å². The monoisotopic (exact) mass is 198 g/mol. The number of nitrogens with zero attached hydrogens (tertiary/aromatic N) is 2. The molecule has 0 spiro atoms. The van der Waals surface area contributed by atoms with Gasteiger partial charge in [0.1, 0.15) is 11.8 Å². The smallest absolute Gasteiger partial charge is 0.131 e. The van der Waals surface area contributed by atoms with Crippen LogP contribution < -0.4 is 11.1 Å². The third-order valence-corrected chi connectivity index (χ3v) is 2.14. The number of nitriles is 1. The summed E-state index contributed by atoms with van der Waals surface area (Å²) in [5, 5.41) is 11.9. The molecule has 4 nitrogen and oxygen atoms in total. The van der Waals surface area contributed by atoms with Gasteiger partial charge in [0.15, 0.2) is 0 Å². The van der Waals surface area contributed by atoms with E-state index in [0.29, 0.717) is 12.3 Å². The summed E-state index contributed by atoms with van der Waals surface area (Å²) in [6.07, 6.45) is 0.986. The maximum atomic E-state index is 8.51. The van der Waals surface area contributed by atoms with Gasteiger partial charge in [-0.05, 0) is 13.0 Å². The molecule has 5 heteroatoms. The van der Waals surface area contributed by atoms with Crippen molar-refractivity contribution in [1.29, 1.82) is 5.26 Å². The Balaban J connectivity index is 2.81. The fourth-order valence-electron chi connectivity index (χ4n) is 1.03. The fraction of sp³-hybridized carbons (Fsp3) is 0.500. The van der Waals surface area contributed by atoms with Gasteiger partial charge in [-0.15, -0.1) is 0 Å². The summed E-state index contributed by atoms with van der Waals surface area (Å²) in [6.45, 7) is 2.24. The molecule has 3 N–H and O–H groups in total. The number of aliphatic imine (C=N–C) groups is 1. The van der Waals surface area contributed by atoms with Crippen molar-refractivity contribution < 1.29 is 0 Å². The van der Waals surface area contributed by atoms with Crippen LogP contribution in [0.15, 0.2) is 15.7 Å². The number of hydrogen-bond donors (Lipinski definition) is 2. The average Bonchev–Trinajstić information content (AvgIpc) is 2.43. The molecule has 0 bridgehead atoms. The molecule has 0 saturated heterocycles. The van der Waals surface area contributed by atoms with Gasteiger partial charge in [0.2, 0.25) is 0 Å². The topological polar surface area (TPSA) is 74.2 Å². The second-order valence-electron chi connectivity index (χ2n) is 2.70. The minimum absolute atomic E-state index is 0.0316. The van der Waals surface area contributed by atoms with Crippen molar-refractivity contribution in [2.75, 3.05) is 19.6 Å². The Hall–Kier alpha value is -1.05. The Morgan fingerprint density at radius 3 is 3.15 bits per heavy atom. The third kappa shape index (κ3) is 2.72. The molecule has 0 amide bonds. The van der Waals surface area contributed by atoms with Crippen LogP contribution in [0.3, 0.4) is 0 Å². The van der Waals surface area contributed by atoms with E-state index in [-0.39, 0.29) is 10.7 Å². The summed E-state index contributed by atoms with van der Waals surface area (Å²) in [5.41, 5.74) is 6.09. The van der Waals surface area contributed by atoms with Crippen LogP contribution in [-0.2, 0) is 0 Å². The van der Waals surface area contributed by atoms with Crippen molar-refractivity contribution in [2.24, 2.45) is 10.7 Å². The predicted octanol–water partition coefficient (Wildman–Crippen LogP) is 0.353. The summed E-state index contributed by atoms with van der Waals surface area (Å²) in [6, 6.07) is 1.80. The van der Waals surface area contributed by atoms with Crippen LogP contribution in [0.4, 0.5) is 0 Å². The molecule has 1 aliphatic heterocycles. The summed E-state index contributed by atoms with van der Waals surface area (Å²) in [4.78, 5) is 4.23. The van der Waals surface area contributed by atoms with Gasteiger partial charge < -0.3 is 11.1 Å². The van der Waals surface area contributed by atoms with E-state index in [1.54, 1.807) is 6.07 Å². The van der Waals surface area contributed by atoms with E-state index in [4.69, 9.17) is 22.6 Å². The van der Waals surface area contributed by atoms with Crippen molar-refractivity contribution in [1.82, 2.24) is 5.32 Å². The largest absolute Gasteiger partial charge is 0.389 e. The minimum atomic E-state index is 0.0316. The highest BCUT2D eigenvalue weighted by atomic mass is 35.5. The fourth-order valence-corrected chi connectivity index (χ4v) is 1.20. The molecule has 0 atom stereocenters. The van der Waals surface area contributed by atoms with E-state index in [9.17, 15) is 0 Å². The second kappa shape index (κ2) is 4.85. The first-order valence-corrected chi connectivity index (χ1v) is 4.43. The van der Waals surface area contributed by atoms with Crippen molar-refractivity contribution in [2.45, 2.75) is 6.42 Å². The molecule has 1 aliphatic rings. The molecule has 0 unspecified atom stereocenters. The standard InChI is InChI=1S/C8H11ClN4/c9-8(6(11)4-10)7-5-12-2-1-3-13-7/h12H,1-3,5,11H2/b8-6+. The Kier molecular flexibility index (Phi) is 3.74. The Labute approximate surface area is 82.1 Å². The zero-order valence-corrected chi connectivity index (χ0v) is 7.93. The molecule has 13 heavy (non-hydrogen) atoms. The van der Waals surface area contributed by atoms with Crippen LogP contribution in [0.5, 0.6) is 0 Å². The highest BCUT2D eigenvalue weighted by Gasteiger charge is 2.10. The lowest BCUT2D eigenvalue weighted by Gasteiger charge is -2.02. The van der Waals surface area contributed by atoms with Gasteiger partial charge in [0.05, 0.1) is 10.7 Å². The molecule has 0 fully saturated rings. The van der Waals surface area contributed by atoms with Crippen molar-refractivity contribution in [3.05, 3.63) is 10.7 Å². The van der Waals surface area contributed by atoms with Crippen LogP contribution in [0, 0.1) is 11.3 Å². The maximum absolute atomic E-state index is 8.51. The van der Waals surface area contributed by atoms with Gasteiger partial charge in [0, 0.05) is 13.1 Å². The number of rotatable bonds is 1. The van der Waals surface area contributed by atoms with Gasteiger partial charge in [-0.2, -0.15) is 5.26 Å². The average molecular weight is 199 g/mol. The molecule has 1 heterocycles. The van der Waals surface area contributed by atoms with Crippen LogP contribution >= 0.6 is 11.6 Å². The molecular weight excluding hydrogens is 188 g/mol. The zero-order valence-electron chi connectivity index (χ0n) is 7.18. The number of hydrogen-bond acceptors (Lipinski definition) is 4. The van der Waals surface area contributed by atoms with Crippen molar-refractivity contribution in [3.63, 3.8) is 0 Å². The highest BCUT2D eigenvalue weighted by molar-refractivity contribution is 6.44. The molecule has 0 aromatic heterocycles. The predicted molar refractivity (Wildman–Crippen MR) is 52.5 cm³/mol. The van der Waals surface area contributed by atoms with Crippen LogP contribution in [0.2, 0.25) is 0 Å². The first-order chi connectivity index (χ1) is 6.25. The van der Waals surface area contributed by atoms with Gasteiger partial charge in [0.25, 0.3) is 0 Å². The van der Waals surface area contributed by atoms with Gasteiger partial charge in [-0.25, -0.2) is 0 Å². The number of halogens is 1. The van der Waals surface area contributed by atoms with E-state index in [1.165, 1.54) is 0 Å². The number of nitrogens with two attached hydrogens (primary N) is 1. The Bertz CT molecular complexity index is 287. The highest BCUT2D eigenvalue weighted by Crippen LogP contribution is 2.08. The summed E-state index contributed by atoms with van der Waals surface area (Å²) in [7, 11) is 0. The number of nitrogens with one attached hydrogen (secondary N) is 1. The maximum Gasteiger partial charge on any atom is 0.131 e. The summed E-state index contributed by atoms with van der Waals surface area (Å²) >= 11 is 5.84. The van der Waals surface area contributed by atoms with Gasteiger partial charge in [-0.3, -0.25) is 4.99 Å². The van der Waals surface area contributed by atoms with Gasteiger partial charge >= 0.3 is 0 Å². The molecule has 0 aliphatic carbocycles. The van der Waals surface area contributed by atoms with E-state index < -0.39 is 0 Å². The summed E-state index contributed by atoms with van der Waals surface area (Å²) < 4.78 is 0. The molecule has 0 aromatic carbocycles. The van der Waals surface area contributed by atoms with Crippen LogP contribution in [0.25, 0.3) is 0 Å². The number of allylic oxidation sites excluding steroid dienone is 1. The first-order valence-electron chi connectivity index (χ1n) is 4.05. The molecule has 0 saturated carbocycles. The lowest BCUT2D eigenvalue weighted by molar-refractivity contribution is 0.735. The SMILES string of the molecule is N#C/C(N)=C(\Cl)C1=NCCCNC1. The molecule has 70 valence electrons. The quantitative estimate of drug-likeness (QED) is 0.598. The zero-order chi connectivity index (χ0) is 9.68. The first kappa shape index (κ1) is 10.0. The molecular formula is C8H11ClN4. The minimum Gasteiger partial charge on any atom is -0.389 e. The lowest BCUT2D eigenvalue weighted by atomic mass is 10.3. The normalized spacial score (nSPS) is 19.5. The van der Waals surface area contributed by atoms with E-state index in [1.807, 2.05) is 0 Å². The molecule has 0 aromatic rings. The van der Waals surface area contributed by atoms with E-state index in [0.717, 1.165) is 19.5 Å². The molecule has 1 rings (SSSR count). The Morgan fingerprint density at radius 1 is 1.69 bits per heavy atom. The van der Waals surface area contributed by atoms with Crippen LogP contribution in [0.1, 0.15) is 6.42 Å². The third-order valence-electron chi connectivity index (χ3n) is 1.72. The second-order valence-corrected chi connectivity index (χ2v) is 3.08. The van der Waals surface area contributed by atoms with Gasteiger partial charge in [-0.1, -0.05) is 11.6 Å².